The number of phenolic OH excluding ortho intramolecular Hbond substituents is 1. The van der Waals surface area contributed by atoms with E-state index in [-0.39, 0.29) is 22.8 Å². The van der Waals surface area contributed by atoms with Gasteiger partial charge in [-0.3, -0.25) is 14.5 Å². The molecule has 0 aromatic heterocycles. The molecule has 0 saturated carbocycles. The van der Waals surface area contributed by atoms with Gasteiger partial charge in [0.15, 0.2) is 0 Å². The minimum absolute atomic E-state index is 0.109. The molecule has 3 aromatic carbocycles. The standard InChI is InChI=1S/C27H24FNO5/c1-3-14-34-22-13-10-18(15-16(22)2)25(31)23-24(17-8-11-19(28)12-9-17)29(27(33)26(23)32)20-6-4-5-7-21(20)30/h4-13,15,24,30-31H,3,14H2,1-2H3/b25-23-. The fourth-order valence-corrected chi connectivity index (χ4v) is 4.04. The number of para-hydroxylation sites is 2. The van der Waals surface area contributed by atoms with Gasteiger partial charge in [0.2, 0.25) is 0 Å². The van der Waals surface area contributed by atoms with Crippen molar-refractivity contribution in [2.45, 2.75) is 26.3 Å². The van der Waals surface area contributed by atoms with Crippen LogP contribution in [0.4, 0.5) is 10.1 Å². The summed E-state index contributed by atoms with van der Waals surface area (Å²) in [6.45, 7) is 4.36. The molecule has 4 rings (SSSR count). The summed E-state index contributed by atoms with van der Waals surface area (Å²) < 4.78 is 19.3. The molecule has 1 fully saturated rings. The Morgan fingerprint density at radius 3 is 2.41 bits per heavy atom. The Morgan fingerprint density at radius 1 is 1.06 bits per heavy atom. The maximum absolute atomic E-state index is 13.6. The normalized spacial score (nSPS) is 17.3. The smallest absolute Gasteiger partial charge is 0.300 e. The number of ether oxygens (including phenoxy) is 1. The molecular weight excluding hydrogens is 437 g/mol. The molecule has 0 bridgehead atoms. The number of aliphatic hydroxyl groups excluding tert-OH is 1. The van der Waals surface area contributed by atoms with Crippen LogP contribution in [0, 0.1) is 12.7 Å². The van der Waals surface area contributed by atoms with E-state index in [1.54, 1.807) is 30.3 Å². The first-order valence-corrected chi connectivity index (χ1v) is 10.9. The van der Waals surface area contributed by atoms with Crippen molar-refractivity contribution in [3.8, 4) is 11.5 Å². The maximum atomic E-state index is 13.6. The lowest BCUT2D eigenvalue weighted by molar-refractivity contribution is -0.132. The molecule has 6 nitrogen and oxygen atoms in total. The minimum atomic E-state index is -1.06. The second-order valence-corrected chi connectivity index (χ2v) is 8.04. The van der Waals surface area contributed by atoms with Crippen molar-refractivity contribution in [3.05, 3.63) is 94.8 Å². The lowest BCUT2D eigenvalue weighted by Gasteiger charge is -2.26. The molecule has 1 heterocycles. The third-order valence-corrected chi connectivity index (χ3v) is 5.68. The van der Waals surface area contributed by atoms with Crippen LogP contribution in [0.15, 0.2) is 72.3 Å². The number of rotatable bonds is 6. The Morgan fingerprint density at radius 2 is 1.76 bits per heavy atom. The Hall–Kier alpha value is -4.13. The number of phenols is 1. The van der Waals surface area contributed by atoms with Crippen LogP contribution in [-0.2, 0) is 9.59 Å². The van der Waals surface area contributed by atoms with Crippen molar-refractivity contribution >= 4 is 23.1 Å². The average molecular weight is 461 g/mol. The second-order valence-electron chi connectivity index (χ2n) is 8.04. The maximum Gasteiger partial charge on any atom is 0.300 e. The number of hydrogen-bond donors (Lipinski definition) is 2. The monoisotopic (exact) mass is 461 g/mol. The van der Waals surface area contributed by atoms with E-state index in [0.717, 1.165) is 16.9 Å². The summed E-state index contributed by atoms with van der Waals surface area (Å²) in [5.41, 5.74) is 1.46. The molecule has 1 aliphatic heterocycles. The Bertz CT molecular complexity index is 1280. The van der Waals surface area contributed by atoms with E-state index in [4.69, 9.17) is 4.74 Å². The summed E-state index contributed by atoms with van der Waals surface area (Å²) >= 11 is 0. The highest BCUT2D eigenvalue weighted by Gasteiger charge is 2.47. The molecule has 1 unspecified atom stereocenters. The molecule has 1 aliphatic rings. The van der Waals surface area contributed by atoms with Crippen LogP contribution >= 0.6 is 0 Å². The van der Waals surface area contributed by atoms with Gasteiger partial charge < -0.3 is 14.9 Å². The Balaban J connectivity index is 1.89. The number of ketones is 1. The van der Waals surface area contributed by atoms with Crippen LogP contribution in [0.25, 0.3) is 5.76 Å². The molecule has 1 amide bonds. The van der Waals surface area contributed by atoms with E-state index in [9.17, 15) is 24.2 Å². The molecule has 0 aliphatic carbocycles. The molecule has 0 radical (unpaired) electrons. The van der Waals surface area contributed by atoms with E-state index in [0.29, 0.717) is 23.5 Å². The van der Waals surface area contributed by atoms with Crippen molar-refractivity contribution in [3.63, 3.8) is 0 Å². The van der Waals surface area contributed by atoms with Gasteiger partial charge in [-0.1, -0.05) is 31.2 Å². The summed E-state index contributed by atoms with van der Waals surface area (Å²) in [5, 5.41) is 21.6. The fourth-order valence-electron chi connectivity index (χ4n) is 4.04. The molecule has 0 spiro atoms. The van der Waals surface area contributed by atoms with Crippen molar-refractivity contribution < 1.29 is 28.9 Å². The highest BCUT2D eigenvalue weighted by Crippen LogP contribution is 2.44. The quantitative estimate of drug-likeness (QED) is 0.297. The first-order chi connectivity index (χ1) is 16.3. The zero-order valence-electron chi connectivity index (χ0n) is 18.8. The van der Waals surface area contributed by atoms with Crippen LogP contribution in [0.3, 0.4) is 0 Å². The number of aryl methyl sites for hydroxylation is 1. The number of anilines is 1. The van der Waals surface area contributed by atoms with E-state index in [1.807, 2.05) is 13.8 Å². The van der Waals surface area contributed by atoms with E-state index >= 15 is 0 Å². The SMILES string of the molecule is CCCOc1ccc(/C(O)=C2/C(=O)C(=O)N(c3ccccc3O)C2c2ccc(F)cc2)cc1C. The Labute approximate surface area is 196 Å². The number of aromatic hydroxyl groups is 1. The third-order valence-electron chi connectivity index (χ3n) is 5.68. The molecule has 7 heteroatoms. The average Bonchev–Trinajstić information content (AvgIpc) is 3.09. The van der Waals surface area contributed by atoms with Crippen LogP contribution < -0.4 is 9.64 Å². The van der Waals surface area contributed by atoms with Crippen LogP contribution in [0.1, 0.15) is 36.1 Å². The van der Waals surface area contributed by atoms with Gasteiger partial charge in [0, 0.05) is 5.56 Å². The fraction of sp³-hybridized carbons (Fsp3) is 0.185. The van der Waals surface area contributed by atoms with Crippen molar-refractivity contribution in [2.75, 3.05) is 11.5 Å². The van der Waals surface area contributed by atoms with Gasteiger partial charge in [0.05, 0.1) is 23.9 Å². The van der Waals surface area contributed by atoms with E-state index < -0.39 is 23.5 Å². The molecule has 34 heavy (non-hydrogen) atoms. The highest BCUT2D eigenvalue weighted by molar-refractivity contribution is 6.51. The van der Waals surface area contributed by atoms with E-state index in [2.05, 4.69) is 0 Å². The highest BCUT2D eigenvalue weighted by atomic mass is 19.1. The number of Topliss-reactive ketones (excluding diaryl/α,β-unsaturated/α-hetero) is 1. The number of benzene rings is 3. The summed E-state index contributed by atoms with van der Waals surface area (Å²) in [4.78, 5) is 27.4. The van der Waals surface area contributed by atoms with Crippen LogP contribution in [0.2, 0.25) is 0 Å². The number of carbonyl (C=O) groups is 2. The first kappa shape index (κ1) is 23.0. The van der Waals surface area contributed by atoms with Gasteiger partial charge in [-0.15, -0.1) is 0 Å². The number of hydrogen-bond acceptors (Lipinski definition) is 5. The first-order valence-electron chi connectivity index (χ1n) is 10.9. The molecule has 2 N–H and O–H groups in total. The number of aliphatic hydroxyl groups is 1. The van der Waals surface area contributed by atoms with Gasteiger partial charge in [-0.05, 0) is 66.9 Å². The summed E-state index contributed by atoms with van der Waals surface area (Å²) in [7, 11) is 0. The minimum Gasteiger partial charge on any atom is -0.507 e. The van der Waals surface area contributed by atoms with Gasteiger partial charge in [-0.25, -0.2) is 4.39 Å². The summed E-state index contributed by atoms with van der Waals surface area (Å²) in [6.07, 6.45) is 0.842. The molecule has 3 aromatic rings. The third kappa shape index (κ3) is 4.12. The summed E-state index contributed by atoms with van der Waals surface area (Å²) in [6, 6.07) is 15.3. The van der Waals surface area contributed by atoms with Gasteiger partial charge in [0.25, 0.3) is 11.7 Å². The van der Waals surface area contributed by atoms with Crippen molar-refractivity contribution in [1.82, 2.24) is 0 Å². The Kier molecular flexibility index (Phi) is 6.36. The topological polar surface area (TPSA) is 87.1 Å². The number of halogens is 1. The molecule has 174 valence electrons. The van der Waals surface area contributed by atoms with Crippen LogP contribution in [-0.4, -0.2) is 28.5 Å². The molecule has 1 atom stereocenters. The molecule has 1 saturated heterocycles. The van der Waals surface area contributed by atoms with Gasteiger partial charge in [0.1, 0.15) is 23.1 Å². The zero-order valence-corrected chi connectivity index (χ0v) is 18.8. The zero-order chi connectivity index (χ0) is 24.4. The van der Waals surface area contributed by atoms with Crippen LogP contribution in [0.5, 0.6) is 11.5 Å². The lowest BCUT2D eigenvalue weighted by atomic mass is 9.94. The van der Waals surface area contributed by atoms with E-state index in [1.165, 1.54) is 36.4 Å². The lowest BCUT2D eigenvalue weighted by Crippen LogP contribution is -2.29. The van der Waals surface area contributed by atoms with Crippen molar-refractivity contribution in [2.24, 2.45) is 0 Å². The number of amides is 1. The van der Waals surface area contributed by atoms with Crippen molar-refractivity contribution in [1.29, 1.82) is 0 Å². The van der Waals surface area contributed by atoms with Gasteiger partial charge in [-0.2, -0.15) is 0 Å². The largest absolute Gasteiger partial charge is 0.507 e. The second kappa shape index (κ2) is 9.39. The summed E-state index contributed by atoms with van der Waals surface area (Å²) in [5.74, 6) is -2.21. The molecular formula is C27H24FNO5. The number of carbonyl (C=O) groups excluding carboxylic acids is 2. The number of nitrogens with zero attached hydrogens (tertiary/aromatic N) is 1. The predicted molar refractivity (Wildman–Crippen MR) is 126 cm³/mol. The predicted octanol–water partition coefficient (Wildman–Crippen LogP) is 5.25. The van der Waals surface area contributed by atoms with Gasteiger partial charge >= 0.3 is 0 Å².